The maximum atomic E-state index is 9.84. The normalized spacial score (nSPS) is 17.5. The number of aliphatic hydroxyl groups is 1. The average molecular weight is 382 g/mol. The molecule has 0 unspecified atom stereocenters. The van der Waals surface area contributed by atoms with Gasteiger partial charge in [-0.15, -0.1) is 0 Å². The summed E-state index contributed by atoms with van der Waals surface area (Å²) in [5, 5.41) is 13.3. The smallest absolute Gasteiger partial charge is 0.136 e. The van der Waals surface area contributed by atoms with Crippen molar-refractivity contribution in [2.75, 3.05) is 43.9 Å². The van der Waals surface area contributed by atoms with Gasteiger partial charge in [0, 0.05) is 38.2 Å². The van der Waals surface area contributed by atoms with E-state index in [2.05, 4.69) is 47.4 Å². The minimum atomic E-state index is -0.415. The van der Waals surface area contributed by atoms with Crippen LogP contribution < -0.4 is 10.2 Å². The second kappa shape index (κ2) is 8.05. The van der Waals surface area contributed by atoms with E-state index in [1.807, 2.05) is 13.0 Å². The third kappa shape index (κ3) is 4.45. The number of fused-ring (bicyclic) bond motifs is 1. The van der Waals surface area contributed by atoms with E-state index < -0.39 is 6.10 Å². The minimum Gasteiger partial charge on any atom is -0.389 e. The molecule has 4 rings (SSSR count). The van der Waals surface area contributed by atoms with Gasteiger partial charge in [0.15, 0.2) is 0 Å². The zero-order chi connectivity index (χ0) is 19.7. The minimum absolute atomic E-state index is 0.415. The number of nitrogens with zero attached hydrogens (tertiary/aromatic N) is 4. The van der Waals surface area contributed by atoms with E-state index >= 15 is 0 Å². The topological polar surface area (TPSA) is 64.5 Å². The van der Waals surface area contributed by atoms with Crippen LogP contribution in [0.4, 0.5) is 11.6 Å². The van der Waals surface area contributed by atoms with E-state index in [0.29, 0.717) is 5.92 Å². The van der Waals surface area contributed by atoms with Crippen LogP contribution in [0.1, 0.15) is 54.3 Å². The van der Waals surface area contributed by atoms with Crippen molar-refractivity contribution in [1.29, 1.82) is 0 Å². The Kier molecular flexibility index (Phi) is 5.51. The second-order valence-corrected chi connectivity index (χ2v) is 8.35. The first-order valence-corrected chi connectivity index (χ1v) is 10.3. The molecule has 1 fully saturated rings. The van der Waals surface area contributed by atoms with E-state index in [1.165, 1.54) is 24.0 Å². The third-order valence-corrected chi connectivity index (χ3v) is 5.59. The molecule has 0 radical (unpaired) electrons. The van der Waals surface area contributed by atoms with E-state index in [4.69, 9.17) is 9.97 Å². The van der Waals surface area contributed by atoms with Crippen LogP contribution >= 0.6 is 0 Å². The molecule has 28 heavy (non-hydrogen) atoms. The fraction of sp³-hybridized carbons (Fsp3) is 0.545. The van der Waals surface area contributed by atoms with Crippen molar-refractivity contribution in [3.05, 3.63) is 46.8 Å². The molecule has 150 valence electrons. The van der Waals surface area contributed by atoms with Gasteiger partial charge in [-0.05, 0) is 57.0 Å². The fourth-order valence-corrected chi connectivity index (χ4v) is 3.67. The van der Waals surface area contributed by atoms with E-state index in [9.17, 15) is 5.11 Å². The van der Waals surface area contributed by atoms with Gasteiger partial charge in [-0.25, -0.2) is 9.97 Å². The van der Waals surface area contributed by atoms with E-state index in [0.717, 1.165) is 55.6 Å². The summed E-state index contributed by atoms with van der Waals surface area (Å²) in [4.78, 5) is 14.2. The number of hydrogen-bond donors (Lipinski definition) is 2. The Morgan fingerprint density at radius 2 is 2.04 bits per heavy atom. The van der Waals surface area contributed by atoms with Crippen LogP contribution in [0, 0.1) is 0 Å². The predicted octanol–water partition coefficient (Wildman–Crippen LogP) is 2.94. The molecular formula is C22H31N5O. The summed E-state index contributed by atoms with van der Waals surface area (Å²) >= 11 is 0. The molecule has 2 aromatic rings. The molecule has 1 atom stereocenters. The number of aromatic nitrogens is 2. The fourth-order valence-electron chi connectivity index (χ4n) is 3.67. The monoisotopic (exact) mass is 381 g/mol. The highest BCUT2D eigenvalue weighted by molar-refractivity contribution is 5.52. The summed E-state index contributed by atoms with van der Waals surface area (Å²) in [6.45, 7) is 5.46. The lowest BCUT2D eigenvalue weighted by atomic mass is 9.96. The summed E-state index contributed by atoms with van der Waals surface area (Å²) < 4.78 is 0. The van der Waals surface area contributed by atoms with Gasteiger partial charge in [0.05, 0.1) is 6.10 Å². The number of nitrogens with one attached hydrogen (secondary N) is 1. The zero-order valence-corrected chi connectivity index (χ0v) is 17.1. The number of rotatable bonds is 7. The lowest BCUT2D eigenvalue weighted by Gasteiger charge is -2.31. The number of likely N-dealkylation sites (N-methyl/N-ethyl adjacent to an activating group) is 1. The van der Waals surface area contributed by atoms with Gasteiger partial charge in [-0.2, -0.15) is 0 Å². The first-order valence-electron chi connectivity index (χ1n) is 10.3. The summed E-state index contributed by atoms with van der Waals surface area (Å²) in [5.41, 5.74) is 3.66. The Balaban J connectivity index is 1.54. The van der Waals surface area contributed by atoms with Crippen LogP contribution in [0.2, 0.25) is 0 Å². The van der Waals surface area contributed by atoms with Crippen LogP contribution in [0.15, 0.2) is 24.3 Å². The Bertz CT molecular complexity index is 832. The Hall–Kier alpha value is -2.18. The molecule has 2 aliphatic rings. The molecule has 1 aliphatic heterocycles. The van der Waals surface area contributed by atoms with Crippen molar-refractivity contribution in [1.82, 2.24) is 14.9 Å². The molecule has 0 saturated heterocycles. The number of anilines is 2. The Morgan fingerprint density at radius 3 is 2.75 bits per heavy atom. The molecule has 0 bridgehead atoms. The highest BCUT2D eigenvalue weighted by Crippen LogP contribution is 2.39. The average Bonchev–Trinajstić information content (AvgIpc) is 3.52. The molecule has 1 aromatic carbocycles. The Morgan fingerprint density at radius 1 is 1.21 bits per heavy atom. The van der Waals surface area contributed by atoms with Gasteiger partial charge < -0.3 is 20.2 Å². The third-order valence-electron chi connectivity index (χ3n) is 5.59. The van der Waals surface area contributed by atoms with E-state index in [-0.39, 0.29) is 0 Å². The lowest BCUT2D eigenvalue weighted by Crippen LogP contribution is -2.31. The van der Waals surface area contributed by atoms with Crippen molar-refractivity contribution in [2.24, 2.45) is 0 Å². The van der Waals surface area contributed by atoms with Gasteiger partial charge in [0.25, 0.3) is 0 Å². The van der Waals surface area contributed by atoms with Crippen molar-refractivity contribution in [3.8, 4) is 0 Å². The second-order valence-electron chi connectivity index (χ2n) is 8.35. The molecule has 2 N–H and O–H groups in total. The van der Waals surface area contributed by atoms with Crippen LogP contribution in [0.5, 0.6) is 0 Å². The largest absolute Gasteiger partial charge is 0.389 e. The molecule has 0 spiro atoms. The SMILES string of the molecule is C[C@H](O)c1ccc2c(c1)CCN(c1cc(NCCN(C)C)nc(C3CC3)n1)C2. The summed E-state index contributed by atoms with van der Waals surface area (Å²) in [7, 11) is 4.16. The van der Waals surface area contributed by atoms with Crippen LogP contribution in [0.25, 0.3) is 0 Å². The van der Waals surface area contributed by atoms with Crippen LogP contribution in [-0.2, 0) is 13.0 Å². The summed E-state index contributed by atoms with van der Waals surface area (Å²) in [5.74, 6) is 3.47. The molecule has 6 heteroatoms. The van der Waals surface area contributed by atoms with Crippen molar-refractivity contribution < 1.29 is 5.11 Å². The van der Waals surface area contributed by atoms with Crippen molar-refractivity contribution >= 4 is 11.6 Å². The maximum absolute atomic E-state index is 9.84. The summed E-state index contributed by atoms with van der Waals surface area (Å²) in [6.07, 6.45) is 2.96. The predicted molar refractivity (Wildman–Crippen MR) is 113 cm³/mol. The molecular weight excluding hydrogens is 350 g/mol. The van der Waals surface area contributed by atoms with Gasteiger partial charge >= 0.3 is 0 Å². The lowest BCUT2D eigenvalue weighted by molar-refractivity contribution is 0.199. The Labute approximate surface area is 167 Å². The van der Waals surface area contributed by atoms with Gasteiger partial charge in [-0.3, -0.25) is 0 Å². The highest BCUT2D eigenvalue weighted by atomic mass is 16.3. The zero-order valence-electron chi connectivity index (χ0n) is 17.1. The number of benzene rings is 1. The molecule has 1 aromatic heterocycles. The molecule has 1 saturated carbocycles. The summed E-state index contributed by atoms with van der Waals surface area (Å²) in [6, 6.07) is 8.44. The van der Waals surface area contributed by atoms with Gasteiger partial charge in [-0.1, -0.05) is 18.2 Å². The maximum Gasteiger partial charge on any atom is 0.136 e. The molecule has 2 heterocycles. The van der Waals surface area contributed by atoms with Crippen molar-refractivity contribution in [3.63, 3.8) is 0 Å². The number of aliphatic hydroxyl groups excluding tert-OH is 1. The molecule has 0 amide bonds. The first-order chi connectivity index (χ1) is 13.5. The van der Waals surface area contributed by atoms with Crippen LogP contribution in [-0.4, -0.2) is 53.7 Å². The van der Waals surface area contributed by atoms with Gasteiger partial charge in [0.1, 0.15) is 17.5 Å². The van der Waals surface area contributed by atoms with Crippen molar-refractivity contribution in [2.45, 2.75) is 44.8 Å². The van der Waals surface area contributed by atoms with E-state index in [1.54, 1.807) is 0 Å². The highest BCUT2D eigenvalue weighted by Gasteiger charge is 2.28. The molecule has 6 nitrogen and oxygen atoms in total. The first kappa shape index (κ1) is 19.2. The molecule has 1 aliphatic carbocycles. The standard InChI is InChI=1S/C22H31N5O/c1-15(28)17-6-7-19-14-27(10-8-18(19)12-17)21-13-20(23-9-11-26(2)3)24-22(25-21)16-4-5-16/h6-7,12-13,15-16,28H,4-5,8-11,14H2,1-3H3,(H,23,24,25)/t15-/m0/s1. The number of hydrogen-bond acceptors (Lipinski definition) is 6. The van der Waals surface area contributed by atoms with Crippen LogP contribution in [0.3, 0.4) is 0 Å². The van der Waals surface area contributed by atoms with Gasteiger partial charge in [0.2, 0.25) is 0 Å². The quantitative estimate of drug-likeness (QED) is 0.769.